The SMILES string of the molecule is CC(C)(C)N1CCC2(C=C(CCc3ccccc3)C2)C1. The molecule has 1 aromatic carbocycles. The first-order chi connectivity index (χ1) is 9.47. The quantitative estimate of drug-likeness (QED) is 0.733. The Bertz CT molecular complexity index is 494. The standard InChI is InChI=1S/C19H27N/c1-18(2,3)20-12-11-19(15-20)13-17(14-19)10-9-16-7-5-4-6-8-16/h4-8,13H,9-12,14-15H2,1-3H3. The summed E-state index contributed by atoms with van der Waals surface area (Å²) in [5, 5.41) is 0. The van der Waals surface area contributed by atoms with Gasteiger partial charge in [0.1, 0.15) is 0 Å². The molecule has 1 aliphatic carbocycles. The maximum atomic E-state index is 2.65. The first kappa shape index (κ1) is 13.9. The Morgan fingerprint density at radius 2 is 1.80 bits per heavy atom. The minimum Gasteiger partial charge on any atom is -0.298 e. The van der Waals surface area contributed by atoms with Crippen LogP contribution in [-0.2, 0) is 6.42 Å². The highest BCUT2D eigenvalue weighted by Gasteiger charge is 2.44. The first-order valence-electron chi connectivity index (χ1n) is 7.97. The zero-order chi connectivity index (χ0) is 14.2. The van der Waals surface area contributed by atoms with Crippen molar-refractivity contribution in [2.24, 2.45) is 5.41 Å². The normalized spacial score (nSPS) is 26.6. The number of likely N-dealkylation sites (tertiary alicyclic amines) is 1. The number of allylic oxidation sites excluding steroid dienone is 1. The molecule has 1 heterocycles. The summed E-state index contributed by atoms with van der Waals surface area (Å²) in [5.41, 5.74) is 4.01. The van der Waals surface area contributed by atoms with E-state index < -0.39 is 0 Å². The third-order valence-corrected chi connectivity index (χ3v) is 5.00. The summed E-state index contributed by atoms with van der Waals surface area (Å²) in [7, 11) is 0. The average Bonchev–Trinajstić information content (AvgIpc) is 2.81. The molecule has 2 aliphatic rings. The van der Waals surface area contributed by atoms with Gasteiger partial charge in [-0.2, -0.15) is 0 Å². The zero-order valence-electron chi connectivity index (χ0n) is 13.2. The summed E-state index contributed by atoms with van der Waals surface area (Å²) < 4.78 is 0. The maximum Gasteiger partial charge on any atom is 0.0125 e. The van der Waals surface area contributed by atoms with Crippen molar-refractivity contribution in [3.05, 3.63) is 47.5 Å². The van der Waals surface area contributed by atoms with E-state index in [9.17, 15) is 0 Å². The first-order valence-corrected chi connectivity index (χ1v) is 7.97. The van der Waals surface area contributed by atoms with E-state index in [-0.39, 0.29) is 0 Å². The Labute approximate surface area is 123 Å². The van der Waals surface area contributed by atoms with Crippen LogP contribution in [0, 0.1) is 5.41 Å². The smallest absolute Gasteiger partial charge is 0.0125 e. The van der Waals surface area contributed by atoms with Gasteiger partial charge in [0.2, 0.25) is 0 Å². The molecule has 1 fully saturated rings. The van der Waals surface area contributed by atoms with Crippen LogP contribution in [0.2, 0.25) is 0 Å². The molecule has 1 atom stereocenters. The lowest BCUT2D eigenvalue weighted by Crippen LogP contribution is -2.42. The van der Waals surface area contributed by atoms with Gasteiger partial charge in [-0.3, -0.25) is 4.90 Å². The van der Waals surface area contributed by atoms with Gasteiger partial charge in [-0.1, -0.05) is 42.0 Å². The number of rotatable bonds is 3. The number of nitrogens with zero attached hydrogens (tertiary/aromatic N) is 1. The Balaban J connectivity index is 1.54. The Hall–Kier alpha value is -1.08. The van der Waals surface area contributed by atoms with Crippen molar-refractivity contribution >= 4 is 0 Å². The van der Waals surface area contributed by atoms with Gasteiger partial charge in [0.25, 0.3) is 0 Å². The molecule has 0 aromatic heterocycles. The Morgan fingerprint density at radius 1 is 1.10 bits per heavy atom. The molecule has 1 aliphatic heterocycles. The van der Waals surface area contributed by atoms with Crippen LogP contribution >= 0.6 is 0 Å². The molecule has 0 amide bonds. The van der Waals surface area contributed by atoms with Crippen LogP contribution < -0.4 is 0 Å². The van der Waals surface area contributed by atoms with Crippen molar-refractivity contribution in [1.82, 2.24) is 4.90 Å². The van der Waals surface area contributed by atoms with Crippen molar-refractivity contribution in [3.8, 4) is 0 Å². The molecular weight excluding hydrogens is 242 g/mol. The summed E-state index contributed by atoms with van der Waals surface area (Å²) in [5.74, 6) is 0. The van der Waals surface area contributed by atoms with E-state index in [0.29, 0.717) is 11.0 Å². The van der Waals surface area contributed by atoms with Crippen molar-refractivity contribution in [2.45, 2.75) is 52.0 Å². The van der Waals surface area contributed by atoms with Crippen molar-refractivity contribution in [1.29, 1.82) is 0 Å². The molecular formula is C19H27N. The minimum absolute atomic E-state index is 0.330. The molecule has 0 bridgehead atoms. The molecule has 1 spiro atoms. The molecule has 1 nitrogen and oxygen atoms in total. The van der Waals surface area contributed by atoms with Crippen LogP contribution in [0.15, 0.2) is 42.0 Å². The summed E-state index contributed by atoms with van der Waals surface area (Å²) in [6, 6.07) is 10.9. The third-order valence-electron chi connectivity index (χ3n) is 5.00. The fraction of sp³-hybridized carbons (Fsp3) is 0.579. The molecule has 1 aromatic rings. The van der Waals surface area contributed by atoms with Gasteiger partial charge in [-0.05, 0) is 58.6 Å². The Kier molecular flexibility index (Phi) is 3.50. The van der Waals surface area contributed by atoms with Gasteiger partial charge < -0.3 is 0 Å². The summed E-state index contributed by atoms with van der Waals surface area (Å²) >= 11 is 0. The lowest BCUT2D eigenvalue weighted by Gasteiger charge is -2.39. The number of aryl methyl sites for hydroxylation is 1. The predicted molar refractivity (Wildman–Crippen MR) is 85.8 cm³/mol. The molecule has 0 N–H and O–H groups in total. The van der Waals surface area contributed by atoms with Crippen molar-refractivity contribution < 1.29 is 0 Å². The zero-order valence-corrected chi connectivity index (χ0v) is 13.2. The monoisotopic (exact) mass is 269 g/mol. The summed E-state index contributed by atoms with van der Waals surface area (Å²) in [4.78, 5) is 2.65. The van der Waals surface area contributed by atoms with Crippen molar-refractivity contribution in [2.75, 3.05) is 13.1 Å². The van der Waals surface area contributed by atoms with E-state index >= 15 is 0 Å². The van der Waals surface area contributed by atoms with Gasteiger partial charge in [0, 0.05) is 17.5 Å². The van der Waals surface area contributed by atoms with E-state index in [1.54, 1.807) is 5.57 Å². The van der Waals surface area contributed by atoms with E-state index in [1.807, 2.05) is 0 Å². The molecule has 1 unspecified atom stereocenters. The van der Waals surface area contributed by atoms with E-state index in [0.717, 1.165) is 0 Å². The third kappa shape index (κ3) is 2.83. The molecule has 0 radical (unpaired) electrons. The summed E-state index contributed by atoms with van der Waals surface area (Å²) in [6.07, 6.45) is 7.75. The van der Waals surface area contributed by atoms with Gasteiger partial charge >= 0.3 is 0 Å². The van der Waals surface area contributed by atoms with Crippen LogP contribution in [0.4, 0.5) is 0 Å². The van der Waals surface area contributed by atoms with E-state index in [2.05, 4.69) is 62.1 Å². The highest BCUT2D eigenvalue weighted by molar-refractivity contribution is 5.28. The van der Waals surface area contributed by atoms with Crippen LogP contribution in [-0.4, -0.2) is 23.5 Å². The number of benzene rings is 1. The molecule has 3 rings (SSSR count). The molecule has 20 heavy (non-hydrogen) atoms. The van der Waals surface area contributed by atoms with Gasteiger partial charge in [0.05, 0.1) is 0 Å². The molecule has 0 saturated carbocycles. The number of hydrogen-bond acceptors (Lipinski definition) is 1. The molecule has 108 valence electrons. The van der Waals surface area contributed by atoms with Gasteiger partial charge in [0.15, 0.2) is 0 Å². The van der Waals surface area contributed by atoms with Gasteiger partial charge in [-0.15, -0.1) is 0 Å². The number of hydrogen-bond donors (Lipinski definition) is 0. The second-order valence-electron chi connectivity index (χ2n) is 7.67. The lowest BCUT2D eigenvalue weighted by molar-refractivity contribution is 0.154. The minimum atomic E-state index is 0.330. The largest absolute Gasteiger partial charge is 0.298 e. The predicted octanol–water partition coefficient (Wildman–Crippen LogP) is 4.44. The fourth-order valence-electron chi connectivity index (χ4n) is 3.70. The maximum absolute atomic E-state index is 2.65. The van der Waals surface area contributed by atoms with Crippen LogP contribution in [0.25, 0.3) is 0 Å². The average molecular weight is 269 g/mol. The highest BCUT2D eigenvalue weighted by atomic mass is 15.2. The van der Waals surface area contributed by atoms with Crippen LogP contribution in [0.5, 0.6) is 0 Å². The second kappa shape index (κ2) is 5.04. The van der Waals surface area contributed by atoms with Crippen LogP contribution in [0.3, 0.4) is 0 Å². The Morgan fingerprint density at radius 3 is 2.40 bits per heavy atom. The molecule has 1 heteroatoms. The van der Waals surface area contributed by atoms with Crippen molar-refractivity contribution in [3.63, 3.8) is 0 Å². The van der Waals surface area contributed by atoms with E-state index in [1.165, 1.54) is 44.3 Å². The molecule has 1 saturated heterocycles. The lowest BCUT2D eigenvalue weighted by atomic mass is 9.69. The highest BCUT2D eigenvalue weighted by Crippen LogP contribution is 2.48. The summed E-state index contributed by atoms with van der Waals surface area (Å²) in [6.45, 7) is 9.55. The fourth-order valence-corrected chi connectivity index (χ4v) is 3.70. The van der Waals surface area contributed by atoms with Crippen LogP contribution in [0.1, 0.15) is 45.6 Å². The van der Waals surface area contributed by atoms with Gasteiger partial charge in [-0.25, -0.2) is 0 Å². The van der Waals surface area contributed by atoms with E-state index in [4.69, 9.17) is 0 Å². The topological polar surface area (TPSA) is 3.24 Å². The second-order valence-corrected chi connectivity index (χ2v) is 7.67.